The molecule has 0 amide bonds. The molecule has 156 valence electrons. The third-order valence-corrected chi connectivity index (χ3v) is 5.54. The topological polar surface area (TPSA) is 51.6 Å². The number of rotatable bonds is 4. The summed E-state index contributed by atoms with van der Waals surface area (Å²) < 4.78 is 26.6. The number of halogens is 4. The Bertz CT molecular complexity index is 1180. The summed E-state index contributed by atoms with van der Waals surface area (Å²) in [6.45, 7) is 3.97. The van der Waals surface area contributed by atoms with E-state index in [1.54, 1.807) is 24.3 Å². The lowest BCUT2D eigenvalue weighted by atomic mass is 9.84. The van der Waals surface area contributed by atoms with E-state index in [2.05, 4.69) is 9.97 Å². The molecule has 8 heteroatoms. The molecule has 0 radical (unpaired) electrons. The fourth-order valence-corrected chi connectivity index (χ4v) is 3.68. The number of hydrogen-bond donors (Lipinski definition) is 0. The molecule has 0 aliphatic heterocycles. The van der Waals surface area contributed by atoms with Gasteiger partial charge in [0.25, 0.3) is 0 Å². The van der Waals surface area contributed by atoms with Gasteiger partial charge in [0.05, 0.1) is 22.8 Å². The lowest BCUT2D eigenvalue weighted by Crippen LogP contribution is -2.22. The van der Waals surface area contributed by atoms with Crippen molar-refractivity contribution in [2.45, 2.75) is 19.3 Å². The first kappa shape index (κ1) is 21.3. The molecule has 0 atom stereocenters. The second-order valence-corrected chi connectivity index (χ2v) is 8.10. The van der Waals surface area contributed by atoms with Gasteiger partial charge in [0.15, 0.2) is 0 Å². The van der Waals surface area contributed by atoms with Crippen molar-refractivity contribution in [1.29, 1.82) is 0 Å². The molecule has 0 aromatic carbocycles. The van der Waals surface area contributed by atoms with Crippen LogP contribution >= 0.6 is 23.2 Å². The third kappa shape index (κ3) is 4.27. The molecule has 0 unspecified atom stereocenters. The zero-order chi connectivity index (χ0) is 22.2. The van der Waals surface area contributed by atoms with Gasteiger partial charge in [0.1, 0.15) is 10.3 Å². The second kappa shape index (κ2) is 8.29. The highest BCUT2D eigenvalue weighted by Crippen LogP contribution is 2.33. The van der Waals surface area contributed by atoms with Gasteiger partial charge in [-0.3, -0.25) is 9.97 Å². The fourth-order valence-electron chi connectivity index (χ4n) is 3.20. The van der Waals surface area contributed by atoms with Gasteiger partial charge in [0, 0.05) is 16.5 Å². The van der Waals surface area contributed by atoms with E-state index in [-0.39, 0.29) is 10.3 Å². The number of pyridine rings is 4. The van der Waals surface area contributed by atoms with E-state index >= 15 is 0 Å². The largest absolute Gasteiger partial charge is 0.252 e. The maximum atomic E-state index is 13.3. The van der Waals surface area contributed by atoms with E-state index in [0.717, 1.165) is 11.4 Å². The number of nitrogens with zero attached hydrogens (tertiary/aromatic N) is 4. The van der Waals surface area contributed by atoms with Crippen LogP contribution in [0.25, 0.3) is 22.5 Å². The maximum Gasteiger partial charge on any atom is 0.214 e. The van der Waals surface area contributed by atoms with E-state index in [4.69, 9.17) is 33.2 Å². The second-order valence-electron chi connectivity index (χ2n) is 7.39. The van der Waals surface area contributed by atoms with Crippen molar-refractivity contribution in [2.75, 3.05) is 0 Å². The monoisotopic (exact) mass is 456 g/mol. The van der Waals surface area contributed by atoms with Crippen LogP contribution in [0.5, 0.6) is 0 Å². The molecule has 4 aromatic rings. The van der Waals surface area contributed by atoms with E-state index in [0.29, 0.717) is 22.5 Å². The van der Waals surface area contributed by atoms with Crippen molar-refractivity contribution in [3.05, 3.63) is 94.3 Å². The summed E-state index contributed by atoms with van der Waals surface area (Å²) in [5.74, 6) is -1.31. The fraction of sp³-hybridized carbons (Fsp3) is 0.130. The van der Waals surface area contributed by atoms with Gasteiger partial charge in [-0.15, -0.1) is 0 Å². The molecular weight excluding hydrogens is 441 g/mol. The number of aromatic nitrogens is 4. The van der Waals surface area contributed by atoms with Crippen LogP contribution in [0.2, 0.25) is 10.3 Å². The van der Waals surface area contributed by atoms with Crippen LogP contribution in [-0.2, 0) is 5.41 Å². The summed E-state index contributed by atoms with van der Waals surface area (Å²) in [5, 5.41) is 0.0852. The zero-order valence-corrected chi connectivity index (χ0v) is 18.1. The minimum absolute atomic E-state index is 0.0426. The lowest BCUT2D eigenvalue weighted by molar-refractivity contribution is 0.584. The summed E-state index contributed by atoms with van der Waals surface area (Å²) in [4.78, 5) is 16.8. The van der Waals surface area contributed by atoms with Crippen molar-refractivity contribution in [2.24, 2.45) is 0 Å². The minimum Gasteiger partial charge on any atom is -0.252 e. The average Bonchev–Trinajstić information content (AvgIpc) is 2.74. The summed E-state index contributed by atoms with van der Waals surface area (Å²) in [5.41, 5.74) is 3.09. The van der Waals surface area contributed by atoms with E-state index in [1.807, 2.05) is 38.1 Å². The first-order valence-electron chi connectivity index (χ1n) is 9.35. The molecule has 0 saturated carbocycles. The Morgan fingerprint density at radius 1 is 0.613 bits per heavy atom. The molecule has 4 aromatic heterocycles. The smallest absolute Gasteiger partial charge is 0.214 e. The van der Waals surface area contributed by atoms with Crippen LogP contribution in [0, 0.1) is 11.9 Å². The molecule has 0 aliphatic rings. The van der Waals surface area contributed by atoms with Gasteiger partial charge >= 0.3 is 0 Å². The van der Waals surface area contributed by atoms with Crippen LogP contribution in [0.3, 0.4) is 0 Å². The lowest BCUT2D eigenvalue weighted by Gasteiger charge is -2.25. The van der Waals surface area contributed by atoms with Gasteiger partial charge < -0.3 is 0 Å². The molecule has 4 nitrogen and oxygen atoms in total. The quantitative estimate of drug-likeness (QED) is 0.328. The zero-order valence-electron chi connectivity index (χ0n) is 16.6. The average molecular weight is 457 g/mol. The summed E-state index contributed by atoms with van der Waals surface area (Å²) in [7, 11) is 0. The molecule has 0 N–H and O–H groups in total. The van der Waals surface area contributed by atoms with Crippen molar-refractivity contribution >= 4 is 23.2 Å². The molecular formula is C23H16Cl2F2N4. The highest BCUT2D eigenvalue weighted by molar-refractivity contribution is 6.32. The van der Waals surface area contributed by atoms with Gasteiger partial charge in [0.2, 0.25) is 11.9 Å². The molecule has 4 rings (SSSR count). The van der Waals surface area contributed by atoms with Gasteiger partial charge in [-0.2, -0.15) is 8.78 Å². The SMILES string of the molecule is CC(C)(c1cccc(-c2ccc(F)nc2Cl)n1)c1cccc(-c2ccc(F)nc2Cl)n1. The van der Waals surface area contributed by atoms with Gasteiger partial charge in [-0.25, -0.2) is 9.97 Å². The Hall–Kier alpha value is -2.96. The first-order valence-corrected chi connectivity index (χ1v) is 10.1. The van der Waals surface area contributed by atoms with Crippen LogP contribution in [0.4, 0.5) is 8.78 Å². The highest BCUT2D eigenvalue weighted by atomic mass is 35.5. The Kier molecular flexibility index (Phi) is 5.69. The van der Waals surface area contributed by atoms with Gasteiger partial charge in [-0.05, 0) is 62.4 Å². The Morgan fingerprint density at radius 2 is 1.03 bits per heavy atom. The Balaban J connectivity index is 1.75. The Morgan fingerprint density at radius 3 is 1.42 bits per heavy atom. The van der Waals surface area contributed by atoms with Crippen LogP contribution in [0.1, 0.15) is 25.2 Å². The molecule has 0 spiro atoms. The van der Waals surface area contributed by atoms with E-state index < -0.39 is 17.3 Å². The normalized spacial score (nSPS) is 11.5. The Labute approximate surface area is 188 Å². The minimum atomic E-state index is -0.653. The summed E-state index contributed by atoms with van der Waals surface area (Å²) in [6.07, 6.45) is 0. The highest BCUT2D eigenvalue weighted by Gasteiger charge is 2.27. The molecule has 0 fully saturated rings. The van der Waals surface area contributed by atoms with Gasteiger partial charge in [-0.1, -0.05) is 35.3 Å². The van der Waals surface area contributed by atoms with Crippen molar-refractivity contribution < 1.29 is 8.78 Å². The maximum absolute atomic E-state index is 13.3. The van der Waals surface area contributed by atoms with Crippen LogP contribution in [0.15, 0.2) is 60.7 Å². The van der Waals surface area contributed by atoms with Crippen LogP contribution in [-0.4, -0.2) is 19.9 Å². The molecule has 4 heterocycles. The van der Waals surface area contributed by atoms with Crippen LogP contribution < -0.4 is 0 Å². The summed E-state index contributed by atoms with van der Waals surface area (Å²) in [6, 6.07) is 16.6. The predicted octanol–water partition coefficient (Wildman–Crippen LogP) is 6.51. The van der Waals surface area contributed by atoms with Crippen molar-refractivity contribution in [3.63, 3.8) is 0 Å². The third-order valence-electron chi connectivity index (χ3n) is 4.96. The molecule has 0 aliphatic carbocycles. The summed E-state index contributed by atoms with van der Waals surface area (Å²) >= 11 is 12.2. The van der Waals surface area contributed by atoms with E-state index in [1.165, 1.54) is 12.1 Å². The van der Waals surface area contributed by atoms with E-state index in [9.17, 15) is 8.78 Å². The predicted molar refractivity (Wildman–Crippen MR) is 117 cm³/mol. The first-order chi connectivity index (χ1) is 14.8. The number of hydrogen-bond acceptors (Lipinski definition) is 4. The molecule has 0 bridgehead atoms. The standard InChI is InChI=1S/C23H16Cl2F2N4/c1-23(2,17-7-3-5-15(28-17)13-9-11-19(26)30-21(13)24)18-8-4-6-16(29-18)14-10-12-20(27)31-22(14)25/h3-12H,1-2H3. The molecule has 0 saturated heterocycles. The van der Waals surface area contributed by atoms with Crippen molar-refractivity contribution in [1.82, 2.24) is 19.9 Å². The molecule has 31 heavy (non-hydrogen) atoms. The van der Waals surface area contributed by atoms with Crippen molar-refractivity contribution in [3.8, 4) is 22.5 Å².